The van der Waals surface area contributed by atoms with Gasteiger partial charge in [0.15, 0.2) is 0 Å². The van der Waals surface area contributed by atoms with Crippen molar-refractivity contribution in [3.63, 3.8) is 0 Å². The van der Waals surface area contributed by atoms with Gasteiger partial charge in [-0.1, -0.05) is 49.4 Å². The Bertz CT molecular complexity index is 680. The third-order valence-corrected chi connectivity index (χ3v) is 4.11. The van der Waals surface area contributed by atoms with Crippen molar-refractivity contribution < 1.29 is 14.3 Å². The van der Waals surface area contributed by atoms with E-state index >= 15 is 0 Å². The van der Waals surface area contributed by atoms with Gasteiger partial charge in [-0.3, -0.25) is 9.59 Å². The van der Waals surface area contributed by atoms with E-state index < -0.39 is 0 Å². The van der Waals surface area contributed by atoms with Crippen LogP contribution >= 0.6 is 0 Å². The van der Waals surface area contributed by atoms with E-state index in [2.05, 4.69) is 5.32 Å². The lowest BCUT2D eigenvalue weighted by Crippen LogP contribution is -2.23. The van der Waals surface area contributed by atoms with E-state index in [1.54, 1.807) is 12.1 Å². The minimum Gasteiger partial charge on any atom is -0.466 e. The molecule has 0 radical (unpaired) electrons. The van der Waals surface area contributed by atoms with Crippen molar-refractivity contribution in [3.05, 3.63) is 71.3 Å². The summed E-state index contributed by atoms with van der Waals surface area (Å²) in [5.74, 6) is -0.403. The average Bonchev–Trinajstić information content (AvgIpc) is 2.65. The van der Waals surface area contributed by atoms with Crippen molar-refractivity contribution in [2.75, 3.05) is 6.61 Å². The molecule has 0 fully saturated rings. The molecule has 4 heteroatoms. The number of rotatable bonds is 8. The lowest BCUT2D eigenvalue weighted by atomic mass is 9.96. The molecule has 25 heavy (non-hydrogen) atoms. The Morgan fingerprint density at radius 3 is 2.24 bits per heavy atom. The number of esters is 1. The van der Waals surface area contributed by atoms with Gasteiger partial charge in [-0.05, 0) is 43.0 Å². The molecule has 2 rings (SSSR count). The van der Waals surface area contributed by atoms with Crippen LogP contribution in [-0.2, 0) is 22.5 Å². The van der Waals surface area contributed by atoms with Crippen LogP contribution in [0.1, 0.15) is 41.8 Å². The summed E-state index contributed by atoms with van der Waals surface area (Å²) in [6, 6.07) is 17.2. The van der Waals surface area contributed by atoms with Crippen LogP contribution in [0.3, 0.4) is 0 Å². The average molecular weight is 339 g/mol. The summed E-state index contributed by atoms with van der Waals surface area (Å²) < 4.78 is 5.10. The minimum atomic E-state index is -0.158. The van der Waals surface area contributed by atoms with Gasteiger partial charge < -0.3 is 10.1 Å². The van der Waals surface area contributed by atoms with Gasteiger partial charge in [0.05, 0.1) is 12.5 Å². The molecule has 1 amide bonds. The van der Waals surface area contributed by atoms with Crippen LogP contribution in [0.5, 0.6) is 0 Å². The van der Waals surface area contributed by atoms with E-state index in [0.29, 0.717) is 25.1 Å². The maximum Gasteiger partial charge on any atom is 0.309 e. The molecule has 4 nitrogen and oxygen atoms in total. The Morgan fingerprint density at radius 1 is 0.960 bits per heavy atom. The van der Waals surface area contributed by atoms with Crippen LogP contribution in [0.2, 0.25) is 0 Å². The molecule has 0 aromatic heterocycles. The van der Waals surface area contributed by atoms with Gasteiger partial charge in [0, 0.05) is 12.1 Å². The highest BCUT2D eigenvalue weighted by molar-refractivity contribution is 5.94. The zero-order valence-electron chi connectivity index (χ0n) is 14.8. The minimum absolute atomic E-state index is 0.104. The van der Waals surface area contributed by atoms with Crippen LogP contribution in [-0.4, -0.2) is 18.5 Å². The Labute approximate surface area is 149 Å². The lowest BCUT2D eigenvalue weighted by Gasteiger charge is -2.13. The van der Waals surface area contributed by atoms with Crippen molar-refractivity contribution in [2.45, 2.75) is 33.2 Å². The first-order valence-electron chi connectivity index (χ1n) is 8.71. The number of amides is 1. The van der Waals surface area contributed by atoms with Gasteiger partial charge >= 0.3 is 5.97 Å². The molecule has 2 aromatic carbocycles. The normalized spacial score (nSPS) is 11.6. The molecule has 0 heterocycles. The second-order valence-electron chi connectivity index (χ2n) is 5.93. The zero-order valence-corrected chi connectivity index (χ0v) is 14.8. The van der Waals surface area contributed by atoms with E-state index in [0.717, 1.165) is 17.5 Å². The number of nitrogens with one attached hydrogen (secondary N) is 1. The van der Waals surface area contributed by atoms with E-state index in [9.17, 15) is 9.59 Å². The molecule has 0 bridgehead atoms. The van der Waals surface area contributed by atoms with Gasteiger partial charge in [0.2, 0.25) is 0 Å². The predicted octanol–water partition coefficient (Wildman–Crippen LogP) is 3.75. The lowest BCUT2D eigenvalue weighted by molar-refractivity contribution is -0.148. The molecule has 1 unspecified atom stereocenters. The molecule has 0 saturated carbocycles. The highest BCUT2D eigenvalue weighted by atomic mass is 16.5. The van der Waals surface area contributed by atoms with E-state index in [1.165, 1.54) is 0 Å². The molecule has 0 aliphatic rings. The number of ether oxygens (including phenoxy) is 1. The van der Waals surface area contributed by atoms with Crippen molar-refractivity contribution >= 4 is 11.9 Å². The fourth-order valence-corrected chi connectivity index (χ4v) is 2.61. The first-order chi connectivity index (χ1) is 12.1. The molecule has 2 aromatic rings. The van der Waals surface area contributed by atoms with E-state index in [1.807, 2.05) is 56.3 Å². The van der Waals surface area contributed by atoms with Crippen LogP contribution in [0.15, 0.2) is 54.6 Å². The molecule has 132 valence electrons. The summed E-state index contributed by atoms with van der Waals surface area (Å²) in [7, 11) is 0. The zero-order chi connectivity index (χ0) is 18.1. The fourth-order valence-electron chi connectivity index (χ4n) is 2.61. The van der Waals surface area contributed by atoms with E-state index in [-0.39, 0.29) is 17.8 Å². The predicted molar refractivity (Wildman–Crippen MR) is 98.2 cm³/mol. The quantitative estimate of drug-likeness (QED) is 0.745. The maximum absolute atomic E-state index is 12.2. The SMILES string of the molecule is CCOC(=O)C(CC)Cc1ccc(C(=O)NCc2ccccc2)cc1. The van der Waals surface area contributed by atoms with Crippen molar-refractivity contribution in [3.8, 4) is 0 Å². The topological polar surface area (TPSA) is 55.4 Å². The van der Waals surface area contributed by atoms with Gasteiger partial charge in [0.25, 0.3) is 5.91 Å². The molecular formula is C21H25NO3. The molecule has 0 saturated heterocycles. The Balaban J connectivity index is 1.92. The van der Waals surface area contributed by atoms with Gasteiger partial charge in [-0.2, -0.15) is 0 Å². The van der Waals surface area contributed by atoms with Crippen molar-refractivity contribution in [1.29, 1.82) is 0 Å². The maximum atomic E-state index is 12.2. The smallest absolute Gasteiger partial charge is 0.309 e. The van der Waals surface area contributed by atoms with Crippen LogP contribution < -0.4 is 5.32 Å². The highest BCUT2D eigenvalue weighted by Gasteiger charge is 2.18. The molecule has 0 aliphatic heterocycles. The number of hydrogen-bond donors (Lipinski definition) is 1. The summed E-state index contributed by atoms with van der Waals surface area (Å²) in [4.78, 5) is 24.1. The summed E-state index contributed by atoms with van der Waals surface area (Å²) in [6.07, 6.45) is 1.36. The molecule has 0 aliphatic carbocycles. The summed E-state index contributed by atoms with van der Waals surface area (Å²) in [5, 5.41) is 2.91. The first-order valence-corrected chi connectivity index (χ1v) is 8.71. The van der Waals surface area contributed by atoms with Crippen LogP contribution in [0, 0.1) is 5.92 Å². The fraction of sp³-hybridized carbons (Fsp3) is 0.333. The first kappa shape index (κ1) is 18.7. The Kier molecular flexibility index (Phi) is 7.20. The highest BCUT2D eigenvalue weighted by Crippen LogP contribution is 2.15. The third-order valence-electron chi connectivity index (χ3n) is 4.11. The Morgan fingerprint density at radius 2 is 1.64 bits per heavy atom. The van der Waals surface area contributed by atoms with Crippen molar-refractivity contribution in [2.24, 2.45) is 5.92 Å². The van der Waals surface area contributed by atoms with E-state index in [4.69, 9.17) is 4.74 Å². The monoisotopic (exact) mass is 339 g/mol. The molecule has 0 spiro atoms. The van der Waals surface area contributed by atoms with Gasteiger partial charge in [-0.15, -0.1) is 0 Å². The molecule has 1 atom stereocenters. The van der Waals surface area contributed by atoms with Crippen LogP contribution in [0.4, 0.5) is 0 Å². The largest absolute Gasteiger partial charge is 0.466 e. The second kappa shape index (κ2) is 9.62. The van der Waals surface area contributed by atoms with Crippen LogP contribution in [0.25, 0.3) is 0 Å². The molecule has 1 N–H and O–H groups in total. The van der Waals surface area contributed by atoms with Gasteiger partial charge in [-0.25, -0.2) is 0 Å². The number of benzene rings is 2. The number of carbonyl (C=O) groups is 2. The number of hydrogen-bond acceptors (Lipinski definition) is 3. The van der Waals surface area contributed by atoms with Gasteiger partial charge in [0.1, 0.15) is 0 Å². The standard InChI is InChI=1S/C21H25NO3/c1-3-18(21(24)25-4-2)14-16-10-12-19(13-11-16)20(23)22-15-17-8-6-5-7-9-17/h5-13,18H,3-4,14-15H2,1-2H3,(H,22,23). The Hall–Kier alpha value is -2.62. The third kappa shape index (κ3) is 5.75. The van der Waals surface area contributed by atoms with Crippen molar-refractivity contribution in [1.82, 2.24) is 5.32 Å². The summed E-state index contributed by atoms with van der Waals surface area (Å²) in [5.41, 5.74) is 2.70. The number of carbonyl (C=O) groups excluding carboxylic acids is 2. The summed E-state index contributed by atoms with van der Waals surface area (Å²) >= 11 is 0. The second-order valence-corrected chi connectivity index (χ2v) is 5.93. The molecular weight excluding hydrogens is 314 g/mol. The summed E-state index contributed by atoms with van der Waals surface area (Å²) in [6.45, 7) is 4.69.